The number of rotatable bonds is 5. The van der Waals surface area contributed by atoms with Crippen molar-refractivity contribution in [1.82, 2.24) is 10.2 Å². The summed E-state index contributed by atoms with van der Waals surface area (Å²) >= 11 is 0. The standard InChI is InChI=1S/C23H26F3N3O2/c24-16-10-19(23(26)20(25)11-16)21-1-2-22(29-28-21)27-17-8-14-5-13(6-15(14)9-17)7-18-12-30-3-4-31-18/h1-2,10-11,13-15,17-18H,3-9,12H2,(H,27,29)/t13?,14-,15+,17?,18?. The summed E-state index contributed by atoms with van der Waals surface area (Å²) in [7, 11) is 0. The zero-order valence-electron chi connectivity index (χ0n) is 17.2. The van der Waals surface area contributed by atoms with Gasteiger partial charge in [-0.15, -0.1) is 10.2 Å². The van der Waals surface area contributed by atoms with Crippen molar-refractivity contribution in [3.63, 3.8) is 0 Å². The average Bonchev–Trinajstić information content (AvgIpc) is 3.30. The molecule has 1 N–H and O–H groups in total. The van der Waals surface area contributed by atoms with Gasteiger partial charge in [-0.1, -0.05) is 0 Å². The van der Waals surface area contributed by atoms with Gasteiger partial charge in [-0.05, 0) is 68.1 Å². The number of fused-ring (bicyclic) bond motifs is 1. The van der Waals surface area contributed by atoms with Crippen molar-refractivity contribution in [2.24, 2.45) is 17.8 Å². The minimum absolute atomic E-state index is 0.0986. The Morgan fingerprint density at radius 3 is 2.45 bits per heavy atom. The van der Waals surface area contributed by atoms with E-state index in [0.717, 1.165) is 31.9 Å². The fourth-order valence-electron chi connectivity index (χ4n) is 5.60. The van der Waals surface area contributed by atoms with Crippen LogP contribution in [0.5, 0.6) is 0 Å². The van der Waals surface area contributed by atoms with Gasteiger partial charge < -0.3 is 14.8 Å². The molecular weight excluding hydrogens is 407 g/mol. The molecule has 2 aromatic rings. The predicted octanol–water partition coefficient (Wildman–Crippen LogP) is 4.58. The zero-order valence-corrected chi connectivity index (χ0v) is 17.2. The summed E-state index contributed by atoms with van der Waals surface area (Å²) in [4.78, 5) is 0. The van der Waals surface area contributed by atoms with Crippen LogP contribution in [0.1, 0.15) is 32.1 Å². The monoisotopic (exact) mass is 433 g/mol. The SMILES string of the molecule is Fc1cc(F)c(F)c(-c2ccc(NC3C[C@H]4CC(CC5COCCO5)C[C@H]4C3)nn2)c1. The summed E-state index contributed by atoms with van der Waals surface area (Å²) in [6.07, 6.45) is 5.99. The Bertz CT molecular complexity index is 907. The lowest BCUT2D eigenvalue weighted by Gasteiger charge is -2.26. The van der Waals surface area contributed by atoms with Gasteiger partial charge in [-0.3, -0.25) is 0 Å². The van der Waals surface area contributed by atoms with Crippen molar-refractivity contribution in [3.05, 3.63) is 41.7 Å². The molecule has 5 atom stereocenters. The van der Waals surface area contributed by atoms with Crippen molar-refractivity contribution < 1.29 is 22.6 Å². The van der Waals surface area contributed by atoms with Crippen LogP contribution in [0.3, 0.4) is 0 Å². The Balaban J connectivity index is 1.16. The lowest BCUT2D eigenvalue weighted by atomic mass is 9.95. The molecular formula is C23H26F3N3O2. The second kappa shape index (κ2) is 8.74. The van der Waals surface area contributed by atoms with Crippen LogP contribution in [0.2, 0.25) is 0 Å². The first-order valence-corrected chi connectivity index (χ1v) is 11.0. The summed E-state index contributed by atoms with van der Waals surface area (Å²) in [5, 5.41) is 11.5. The van der Waals surface area contributed by atoms with Crippen LogP contribution in [0.4, 0.5) is 19.0 Å². The first-order valence-electron chi connectivity index (χ1n) is 11.0. The van der Waals surface area contributed by atoms with Crippen LogP contribution in [0.15, 0.2) is 24.3 Å². The Hall–Kier alpha value is -2.19. The maximum Gasteiger partial charge on any atom is 0.168 e. The van der Waals surface area contributed by atoms with Gasteiger partial charge in [0.2, 0.25) is 0 Å². The van der Waals surface area contributed by atoms with E-state index < -0.39 is 17.5 Å². The molecule has 0 amide bonds. The van der Waals surface area contributed by atoms with Crippen molar-refractivity contribution in [1.29, 1.82) is 0 Å². The second-order valence-corrected chi connectivity index (χ2v) is 9.03. The van der Waals surface area contributed by atoms with Crippen molar-refractivity contribution >= 4 is 5.82 Å². The highest BCUT2D eigenvalue weighted by Gasteiger charge is 2.42. The van der Waals surface area contributed by atoms with Crippen LogP contribution in [0, 0.1) is 35.2 Å². The fourth-order valence-corrected chi connectivity index (χ4v) is 5.60. The van der Waals surface area contributed by atoms with Crippen molar-refractivity contribution in [2.75, 3.05) is 25.1 Å². The Morgan fingerprint density at radius 1 is 0.968 bits per heavy atom. The van der Waals surface area contributed by atoms with Gasteiger partial charge in [0.25, 0.3) is 0 Å². The smallest absolute Gasteiger partial charge is 0.168 e. The highest BCUT2D eigenvalue weighted by atomic mass is 19.2. The van der Waals surface area contributed by atoms with E-state index in [0.29, 0.717) is 48.9 Å². The molecule has 2 saturated carbocycles. The summed E-state index contributed by atoms with van der Waals surface area (Å²) < 4.78 is 52.2. The van der Waals surface area contributed by atoms with Crippen LogP contribution in [-0.4, -0.2) is 42.2 Å². The molecule has 0 bridgehead atoms. The maximum absolute atomic E-state index is 14.0. The molecule has 8 heteroatoms. The Morgan fingerprint density at radius 2 is 1.77 bits per heavy atom. The number of hydrogen-bond acceptors (Lipinski definition) is 5. The van der Waals surface area contributed by atoms with Gasteiger partial charge in [-0.2, -0.15) is 0 Å². The average molecular weight is 433 g/mol. The van der Waals surface area contributed by atoms with Crippen LogP contribution < -0.4 is 5.32 Å². The second-order valence-electron chi connectivity index (χ2n) is 9.03. The Kier molecular flexibility index (Phi) is 5.84. The number of nitrogens with one attached hydrogen (secondary N) is 1. The normalized spacial score (nSPS) is 30.4. The van der Waals surface area contributed by atoms with E-state index in [1.54, 1.807) is 6.07 Å². The first kappa shape index (κ1) is 20.7. The molecule has 2 heterocycles. The van der Waals surface area contributed by atoms with E-state index in [1.165, 1.54) is 18.9 Å². The van der Waals surface area contributed by atoms with Gasteiger partial charge in [0.05, 0.1) is 31.6 Å². The molecule has 5 nitrogen and oxygen atoms in total. The van der Waals surface area contributed by atoms with E-state index in [1.807, 2.05) is 0 Å². The number of hydrogen-bond donors (Lipinski definition) is 1. The molecule has 0 spiro atoms. The summed E-state index contributed by atoms with van der Waals surface area (Å²) in [6.45, 7) is 2.13. The molecule has 1 aromatic carbocycles. The van der Waals surface area contributed by atoms with Crippen LogP contribution in [-0.2, 0) is 9.47 Å². The van der Waals surface area contributed by atoms with Gasteiger partial charge in [-0.25, -0.2) is 13.2 Å². The summed E-state index contributed by atoms with van der Waals surface area (Å²) in [6, 6.07) is 4.98. The molecule has 1 aliphatic heterocycles. The molecule has 166 valence electrons. The number of benzene rings is 1. The van der Waals surface area contributed by atoms with Gasteiger partial charge in [0, 0.05) is 17.7 Å². The molecule has 3 unspecified atom stereocenters. The summed E-state index contributed by atoms with van der Waals surface area (Å²) in [5.74, 6) is -0.487. The molecule has 2 aliphatic carbocycles. The summed E-state index contributed by atoms with van der Waals surface area (Å²) in [5.41, 5.74) is -0.133. The Labute approximate surface area is 179 Å². The van der Waals surface area contributed by atoms with E-state index in [-0.39, 0.29) is 17.4 Å². The molecule has 0 radical (unpaired) electrons. The van der Waals surface area contributed by atoms with E-state index in [2.05, 4.69) is 15.5 Å². The molecule has 31 heavy (non-hydrogen) atoms. The highest BCUT2D eigenvalue weighted by Crippen LogP contribution is 2.49. The van der Waals surface area contributed by atoms with Crippen molar-refractivity contribution in [3.8, 4) is 11.3 Å². The molecule has 3 fully saturated rings. The lowest BCUT2D eigenvalue weighted by molar-refractivity contribution is -0.0957. The minimum atomic E-state index is -1.24. The third-order valence-corrected chi connectivity index (χ3v) is 6.88. The van der Waals surface area contributed by atoms with Gasteiger partial charge in [0.15, 0.2) is 11.6 Å². The maximum atomic E-state index is 14.0. The fraction of sp³-hybridized carbons (Fsp3) is 0.565. The van der Waals surface area contributed by atoms with E-state index in [9.17, 15) is 13.2 Å². The third-order valence-electron chi connectivity index (χ3n) is 6.88. The number of anilines is 1. The van der Waals surface area contributed by atoms with Crippen LogP contribution >= 0.6 is 0 Å². The number of halogens is 3. The molecule has 1 aromatic heterocycles. The van der Waals surface area contributed by atoms with E-state index >= 15 is 0 Å². The highest BCUT2D eigenvalue weighted by molar-refractivity contribution is 5.60. The number of aromatic nitrogens is 2. The first-order chi connectivity index (χ1) is 15.0. The lowest BCUT2D eigenvalue weighted by Crippen LogP contribution is -2.30. The largest absolute Gasteiger partial charge is 0.376 e. The topological polar surface area (TPSA) is 56.3 Å². The number of nitrogens with zero attached hydrogens (tertiary/aromatic N) is 2. The predicted molar refractivity (Wildman–Crippen MR) is 109 cm³/mol. The third kappa shape index (κ3) is 4.55. The van der Waals surface area contributed by atoms with Crippen molar-refractivity contribution in [2.45, 2.75) is 44.2 Å². The van der Waals surface area contributed by atoms with Gasteiger partial charge in [0.1, 0.15) is 11.6 Å². The van der Waals surface area contributed by atoms with Crippen LogP contribution in [0.25, 0.3) is 11.3 Å². The van der Waals surface area contributed by atoms with Gasteiger partial charge >= 0.3 is 0 Å². The quantitative estimate of drug-likeness (QED) is 0.700. The van der Waals surface area contributed by atoms with E-state index in [4.69, 9.17) is 9.47 Å². The number of ether oxygens (including phenoxy) is 2. The molecule has 5 rings (SSSR count). The molecule has 1 saturated heterocycles. The zero-order chi connectivity index (χ0) is 21.4. The molecule has 3 aliphatic rings. The minimum Gasteiger partial charge on any atom is -0.376 e.